The highest BCUT2D eigenvalue weighted by Crippen LogP contribution is 2.39. The summed E-state index contributed by atoms with van der Waals surface area (Å²) in [4.78, 5) is 13.7. The highest BCUT2D eigenvalue weighted by molar-refractivity contribution is 5.88. The molecule has 17 nitrogen and oxygen atoms in total. The summed E-state index contributed by atoms with van der Waals surface area (Å²) in [5.41, 5.74) is -1.15. The zero-order valence-corrected chi connectivity index (χ0v) is 23.4. The first-order valence-corrected chi connectivity index (χ1v) is 13.5. The van der Waals surface area contributed by atoms with Crippen molar-refractivity contribution in [3.63, 3.8) is 0 Å². The number of aliphatic hydroxyl groups excluding tert-OH is 7. The van der Waals surface area contributed by atoms with E-state index in [1.54, 1.807) is 0 Å². The number of hydrogen-bond acceptors (Lipinski definition) is 17. The van der Waals surface area contributed by atoms with Crippen LogP contribution in [0.4, 0.5) is 0 Å². The van der Waals surface area contributed by atoms with Gasteiger partial charge >= 0.3 is 0 Å². The summed E-state index contributed by atoms with van der Waals surface area (Å²) < 4.78 is 33.0. The number of aliphatic hydroxyl groups is 7. The fraction of sp³-hybridized carbons (Fsp3) is 0.464. The van der Waals surface area contributed by atoms with Gasteiger partial charge in [0.1, 0.15) is 71.3 Å². The Balaban J connectivity index is 1.48. The molecule has 2 aliphatic rings. The molecule has 0 aliphatic carbocycles. The van der Waals surface area contributed by atoms with Gasteiger partial charge in [0.25, 0.3) is 0 Å². The minimum Gasteiger partial charge on any atom is -0.507 e. The number of benzene rings is 2. The lowest BCUT2D eigenvalue weighted by Gasteiger charge is -2.42. The molecular formula is C28H32O17. The van der Waals surface area contributed by atoms with Gasteiger partial charge in [0, 0.05) is 17.7 Å². The number of ether oxygens (including phenoxy) is 5. The Morgan fingerprint density at radius 1 is 0.756 bits per heavy atom. The van der Waals surface area contributed by atoms with Crippen molar-refractivity contribution in [2.75, 3.05) is 20.3 Å². The van der Waals surface area contributed by atoms with E-state index in [0.29, 0.717) is 0 Å². The van der Waals surface area contributed by atoms with Crippen molar-refractivity contribution in [3.8, 4) is 40.1 Å². The Kier molecular flexibility index (Phi) is 9.38. The van der Waals surface area contributed by atoms with E-state index in [0.717, 1.165) is 18.2 Å². The minimum atomic E-state index is -1.98. The van der Waals surface area contributed by atoms with E-state index in [-0.39, 0.29) is 28.0 Å². The maximum Gasteiger partial charge on any atom is 0.239 e. The molecule has 2 aromatic carbocycles. The van der Waals surface area contributed by atoms with Crippen LogP contribution in [0.25, 0.3) is 22.3 Å². The zero-order chi connectivity index (χ0) is 32.7. The highest BCUT2D eigenvalue weighted by atomic mass is 16.7. The fourth-order valence-electron chi connectivity index (χ4n) is 5.00. The van der Waals surface area contributed by atoms with Crippen LogP contribution in [0, 0.1) is 0 Å². The maximum atomic E-state index is 13.7. The van der Waals surface area contributed by atoms with Crippen molar-refractivity contribution >= 4 is 11.0 Å². The summed E-state index contributed by atoms with van der Waals surface area (Å²) in [5, 5.41) is 102. The third-order valence-electron chi connectivity index (χ3n) is 7.56. The van der Waals surface area contributed by atoms with E-state index in [1.165, 1.54) is 19.2 Å². The van der Waals surface area contributed by atoms with Gasteiger partial charge in [-0.2, -0.15) is 0 Å². The number of hydrogen-bond donors (Lipinski definition) is 10. The molecule has 2 aliphatic heterocycles. The van der Waals surface area contributed by atoms with Crippen molar-refractivity contribution in [2.24, 2.45) is 0 Å². The quantitative estimate of drug-likeness (QED) is 0.115. The lowest BCUT2D eigenvalue weighted by molar-refractivity contribution is -0.323. The van der Waals surface area contributed by atoms with E-state index in [1.807, 2.05) is 0 Å². The van der Waals surface area contributed by atoms with Gasteiger partial charge in [0.05, 0.1) is 20.3 Å². The second-order valence-corrected chi connectivity index (χ2v) is 10.5. The largest absolute Gasteiger partial charge is 0.507 e. The van der Waals surface area contributed by atoms with Crippen LogP contribution in [0.3, 0.4) is 0 Å². The molecule has 0 radical (unpaired) electrons. The Bertz CT molecular complexity index is 1570. The molecule has 17 heteroatoms. The molecule has 0 saturated carbocycles. The summed E-state index contributed by atoms with van der Waals surface area (Å²) in [5.74, 6) is -2.55. The number of fused-ring (bicyclic) bond motifs is 1. The SMILES string of the molecule is COc1cc(O)c2c(=O)c(OC3OC(COC4OC(CO)C(O)C(O)C4O)C(O)C(O)C3O)c(-c3ccc(O)c(O)c3)oc2c1. The van der Waals surface area contributed by atoms with Crippen LogP contribution in [0.1, 0.15) is 0 Å². The first-order valence-electron chi connectivity index (χ1n) is 13.5. The second kappa shape index (κ2) is 12.9. The Morgan fingerprint density at radius 3 is 2.04 bits per heavy atom. The smallest absolute Gasteiger partial charge is 0.239 e. The van der Waals surface area contributed by atoms with E-state index in [9.17, 15) is 55.9 Å². The van der Waals surface area contributed by atoms with Crippen LogP contribution < -0.4 is 14.9 Å². The van der Waals surface area contributed by atoms with Gasteiger partial charge in [-0.25, -0.2) is 0 Å². The predicted octanol–water partition coefficient (Wildman–Crippen LogP) is -2.41. The van der Waals surface area contributed by atoms with Gasteiger partial charge in [-0.15, -0.1) is 0 Å². The number of rotatable bonds is 8. The van der Waals surface area contributed by atoms with E-state index < -0.39 is 103 Å². The second-order valence-electron chi connectivity index (χ2n) is 10.5. The Labute approximate surface area is 252 Å². The van der Waals surface area contributed by atoms with Crippen molar-refractivity contribution in [2.45, 2.75) is 61.4 Å². The molecule has 2 fully saturated rings. The normalized spacial score (nSPS) is 32.0. The molecule has 1 aromatic heterocycles. The van der Waals surface area contributed by atoms with Gasteiger partial charge in [0.15, 0.2) is 23.5 Å². The molecule has 246 valence electrons. The molecule has 5 rings (SSSR count). The molecule has 0 spiro atoms. The van der Waals surface area contributed by atoms with E-state index in [2.05, 4.69) is 0 Å². The molecular weight excluding hydrogens is 608 g/mol. The standard InChI is InChI=1S/C28H32O17/c1-40-10-5-13(32)17-14(6-10)42-25(9-2-3-11(30)12(31)4-9)26(20(17)35)45-28-24(39)22(37)19(34)16(44-28)8-41-27-23(38)21(36)18(33)15(7-29)43-27/h2-6,15-16,18-19,21-24,27-34,36-39H,7-8H2,1H3. The van der Waals surface area contributed by atoms with Crippen LogP contribution in [0.15, 0.2) is 39.5 Å². The summed E-state index contributed by atoms with van der Waals surface area (Å²) >= 11 is 0. The summed E-state index contributed by atoms with van der Waals surface area (Å²) in [6.45, 7) is -1.40. The van der Waals surface area contributed by atoms with Gasteiger partial charge < -0.3 is 79.2 Å². The van der Waals surface area contributed by atoms with Crippen molar-refractivity contribution in [1.82, 2.24) is 0 Å². The van der Waals surface area contributed by atoms with Gasteiger partial charge in [-0.3, -0.25) is 4.79 Å². The molecule has 0 bridgehead atoms. The molecule has 2 saturated heterocycles. The minimum absolute atomic E-state index is 0.00464. The molecule has 3 heterocycles. The van der Waals surface area contributed by atoms with Crippen molar-refractivity contribution in [1.29, 1.82) is 0 Å². The Hall–Kier alpha value is -3.75. The van der Waals surface area contributed by atoms with Crippen LogP contribution in [-0.4, -0.2) is 133 Å². The summed E-state index contributed by atoms with van der Waals surface area (Å²) in [7, 11) is 1.31. The van der Waals surface area contributed by atoms with Gasteiger partial charge in [0.2, 0.25) is 17.5 Å². The third-order valence-corrected chi connectivity index (χ3v) is 7.56. The third kappa shape index (κ3) is 6.10. The molecule has 10 N–H and O–H groups in total. The first kappa shape index (κ1) is 32.6. The zero-order valence-electron chi connectivity index (χ0n) is 23.4. The maximum absolute atomic E-state index is 13.7. The topological polar surface area (TPSA) is 279 Å². The average Bonchev–Trinajstić information content (AvgIpc) is 3.02. The van der Waals surface area contributed by atoms with Crippen LogP contribution in [-0.2, 0) is 14.2 Å². The molecule has 0 amide bonds. The fourth-order valence-corrected chi connectivity index (χ4v) is 5.00. The predicted molar refractivity (Wildman–Crippen MR) is 146 cm³/mol. The first-order chi connectivity index (χ1) is 21.4. The number of phenols is 3. The van der Waals surface area contributed by atoms with Crippen LogP contribution in [0.2, 0.25) is 0 Å². The monoisotopic (exact) mass is 640 g/mol. The lowest BCUT2D eigenvalue weighted by atomic mass is 9.98. The number of phenolic OH excluding ortho intramolecular Hbond substituents is 3. The summed E-state index contributed by atoms with van der Waals surface area (Å²) in [6, 6.07) is 5.83. The molecule has 10 unspecified atom stereocenters. The molecule has 10 atom stereocenters. The van der Waals surface area contributed by atoms with Crippen molar-refractivity contribution in [3.05, 3.63) is 40.6 Å². The van der Waals surface area contributed by atoms with Crippen LogP contribution in [0.5, 0.6) is 28.7 Å². The Morgan fingerprint density at radius 2 is 1.40 bits per heavy atom. The average molecular weight is 641 g/mol. The number of aromatic hydroxyl groups is 3. The van der Waals surface area contributed by atoms with E-state index in [4.69, 9.17) is 28.1 Å². The number of methoxy groups -OCH3 is 1. The van der Waals surface area contributed by atoms with Crippen molar-refractivity contribution < 1.29 is 79.2 Å². The molecule has 45 heavy (non-hydrogen) atoms. The highest BCUT2D eigenvalue weighted by Gasteiger charge is 2.48. The van der Waals surface area contributed by atoms with E-state index >= 15 is 0 Å². The summed E-state index contributed by atoms with van der Waals surface area (Å²) in [6.07, 6.45) is -17.3. The molecule has 3 aromatic rings. The van der Waals surface area contributed by atoms with Gasteiger partial charge in [-0.05, 0) is 18.2 Å². The van der Waals surface area contributed by atoms with Crippen LogP contribution >= 0.6 is 0 Å². The lowest BCUT2D eigenvalue weighted by Crippen LogP contribution is -2.62. The van der Waals surface area contributed by atoms with Gasteiger partial charge in [-0.1, -0.05) is 0 Å².